The maximum absolute atomic E-state index is 5.62. The monoisotopic (exact) mass is 277 g/mol. The van der Waals surface area contributed by atoms with Crippen molar-refractivity contribution in [3.63, 3.8) is 0 Å². The first-order valence-electron chi connectivity index (χ1n) is 6.47. The van der Waals surface area contributed by atoms with Gasteiger partial charge in [0.1, 0.15) is 0 Å². The highest BCUT2D eigenvalue weighted by molar-refractivity contribution is 5.43. The third kappa shape index (κ3) is 3.96. The van der Waals surface area contributed by atoms with E-state index < -0.39 is 0 Å². The third-order valence-corrected chi connectivity index (χ3v) is 2.71. The van der Waals surface area contributed by atoms with Crippen LogP contribution in [0.5, 0.6) is 11.5 Å². The highest BCUT2D eigenvalue weighted by Crippen LogP contribution is 2.28. The summed E-state index contributed by atoms with van der Waals surface area (Å²) >= 11 is 0. The molecule has 0 saturated carbocycles. The Kier molecular flexibility index (Phi) is 4.95. The van der Waals surface area contributed by atoms with Gasteiger partial charge in [0.2, 0.25) is 12.2 Å². The van der Waals surface area contributed by atoms with E-state index in [2.05, 4.69) is 33.8 Å². The van der Waals surface area contributed by atoms with Gasteiger partial charge in [0.05, 0.1) is 7.11 Å². The molecule has 108 valence electrons. The van der Waals surface area contributed by atoms with Crippen LogP contribution in [0.1, 0.15) is 25.2 Å². The van der Waals surface area contributed by atoms with Crippen LogP contribution in [-0.2, 0) is 13.2 Å². The molecule has 0 aliphatic carbocycles. The largest absolute Gasteiger partial charge is 0.493 e. The number of nitrogens with one attached hydrogen (secondary N) is 1. The van der Waals surface area contributed by atoms with Gasteiger partial charge in [-0.05, 0) is 17.7 Å². The van der Waals surface area contributed by atoms with Gasteiger partial charge in [-0.15, -0.1) is 0 Å². The first-order chi connectivity index (χ1) is 9.69. The minimum Gasteiger partial charge on any atom is -0.493 e. The molecule has 0 aliphatic rings. The van der Waals surface area contributed by atoms with Crippen LogP contribution in [0.2, 0.25) is 0 Å². The topological polar surface area (TPSA) is 69.4 Å². The lowest BCUT2D eigenvalue weighted by Gasteiger charge is -2.12. The molecule has 1 aromatic carbocycles. The van der Waals surface area contributed by atoms with Crippen LogP contribution in [-0.4, -0.2) is 23.3 Å². The van der Waals surface area contributed by atoms with E-state index in [1.807, 2.05) is 18.2 Å². The Balaban J connectivity index is 2.01. The fraction of sp³-hybridized carbons (Fsp3) is 0.429. The van der Waals surface area contributed by atoms with Crippen molar-refractivity contribution in [2.75, 3.05) is 7.11 Å². The van der Waals surface area contributed by atoms with Gasteiger partial charge < -0.3 is 19.3 Å². The van der Waals surface area contributed by atoms with Crippen LogP contribution in [0.25, 0.3) is 0 Å². The number of hydrogen-bond donors (Lipinski definition) is 1. The molecule has 1 heterocycles. The molecule has 2 rings (SSSR count). The van der Waals surface area contributed by atoms with Crippen LogP contribution in [0.4, 0.5) is 0 Å². The molecular weight excluding hydrogens is 258 g/mol. The molecule has 0 unspecified atom stereocenters. The number of hydrogen-bond acceptors (Lipinski definition) is 6. The van der Waals surface area contributed by atoms with E-state index in [0.717, 1.165) is 12.1 Å². The molecule has 0 saturated heterocycles. The molecule has 0 fully saturated rings. The van der Waals surface area contributed by atoms with Crippen molar-refractivity contribution >= 4 is 0 Å². The normalized spacial score (nSPS) is 10.8. The van der Waals surface area contributed by atoms with Gasteiger partial charge in [-0.3, -0.25) is 0 Å². The van der Waals surface area contributed by atoms with Crippen molar-refractivity contribution < 1.29 is 14.0 Å². The minimum atomic E-state index is 0.246. The average Bonchev–Trinajstić information content (AvgIpc) is 2.96. The summed E-state index contributed by atoms with van der Waals surface area (Å²) in [6.45, 7) is 5.26. The second kappa shape index (κ2) is 6.91. The SMILES string of the molecule is COc1cc(CNC(C)C)ccc1OCc1ncon1. The van der Waals surface area contributed by atoms with Crippen molar-refractivity contribution in [2.24, 2.45) is 0 Å². The molecule has 0 amide bonds. The molecule has 0 radical (unpaired) electrons. The van der Waals surface area contributed by atoms with Gasteiger partial charge >= 0.3 is 0 Å². The Bertz CT molecular complexity index is 526. The second-order valence-electron chi connectivity index (χ2n) is 4.66. The summed E-state index contributed by atoms with van der Waals surface area (Å²) in [7, 11) is 1.62. The van der Waals surface area contributed by atoms with Crippen LogP contribution >= 0.6 is 0 Å². The molecule has 2 aromatic rings. The van der Waals surface area contributed by atoms with Gasteiger partial charge in [-0.2, -0.15) is 4.98 Å². The van der Waals surface area contributed by atoms with Crippen LogP contribution in [0, 0.1) is 0 Å². The number of aromatic nitrogens is 2. The zero-order chi connectivity index (χ0) is 14.4. The van der Waals surface area contributed by atoms with Crippen molar-refractivity contribution in [3.8, 4) is 11.5 Å². The molecule has 6 heteroatoms. The Morgan fingerprint density at radius 2 is 2.15 bits per heavy atom. The van der Waals surface area contributed by atoms with Crippen molar-refractivity contribution in [1.82, 2.24) is 15.5 Å². The Morgan fingerprint density at radius 1 is 1.30 bits per heavy atom. The summed E-state index contributed by atoms with van der Waals surface area (Å²) in [5.41, 5.74) is 1.14. The molecular formula is C14H19N3O3. The van der Waals surface area contributed by atoms with Crippen molar-refractivity contribution in [1.29, 1.82) is 0 Å². The lowest BCUT2D eigenvalue weighted by atomic mass is 10.2. The van der Waals surface area contributed by atoms with Crippen LogP contribution < -0.4 is 14.8 Å². The summed E-state index contributed by atoms with van der Waals surface area (Å²) in [5.74, 6) is 1.85. The zero-order valence-corrected chi connectivity index (χ0v) is 11.9. The number of rotatable bonds is 7. The fourth-order valence-electron chi connectivity index (χ4n) is 1.66. The molecule has 0 aliphatic heterocycles. The predicted molar refractivity (Wildman–Crippen MR) is 73.6 cm³/mol. The molecule has 0 atom stereocenters. The Hall–Kier alpha value is -2.08. The van der Waals surface area contributed by atoms with Crippen LogP contribution in [0.3, 0.4) is 0 Å². The van der Waals surface area contributed by atoms with E-state index in [1.54, 1.807) is 7.11 Å². The summed E-state index contributed by atoms with van der Waals surface area (Å²) in [6, 6.07) is 6.29. The van der Waals surface area contributed by atoms with Gasteiger partial charge in [-0.1, -0.05) is 25.1 Å². The van der Waals surface area contributed by atoms with E-state index >= 15 is 0 Å². The lowest BCUT2D eigenvalue weighted by Crippen LogP contribution is -2.21. The summed E-state index contributed by atoms with van der Waals surface area (Å²) in [4.78, 5) is 3.90. The number of ether oxygens (including phenoxy) is 2. The summed E-state index contributed by atoms with van der Waals surface area (Å²) < 4.78 is 15.6. The van der Waals surface area contributed by atoms with Crippen molar-refractivity contribution in [3.05, 3.63) is 36.0 Å². The number of nitrogens with zero attached hydrogens (tertiary/aromatic N) is 2. The maximum Gasteiger partial charge on any atom is 0.213 e. The van der Waals surface area contributed by atoms with Crippen molar-refractivity contribution in [2.45, 2.75) is 33.0 Å². The second-order valence-corrected chi connectivity index (χ2v) is 4.66. The standard InChI is InChI=1S/C14H19N3O3/c1-10(2)15-7-11-4-5-12(13(6-11)18-3)19-8-14-16-9-20-17-14/h4-6,9-10,15H,7-8H2,1-3H3. The van der Waals surface area contributed by atoms with E-state index in [1.165, 1.54) is 6.39 Å². The summed E-state index contributed by atoms with van der Waals surface area (Å²) in [5, 5.41) is 7.05. The number of benzene rings is 1. The Morgan fingerprint density at radius 3 is 2.80 bits per heavy atom. The zero-order valence-electron chi connectivity index (χ0n) is 11.9. The van der Waals surface area contributed by atoms with Gasteiger partial charge in [0, 0.05) is 12.6 Å². The molecule has 20 heavy (non-hydrogen) atoms. The quantitative estimate of drug-likeness (QED) is 0.836. The molecule has 1 N–H and O–H groups in total. The van der Waals surface area contributed by atoms with Gasteiger partial charge in [0.25, 0.3) is 0 Å². The fourth-order valence-corrected chi connectivity index (χ4v) is 1.66. The first kappa shape index (κ1) is 14.3. The first-order valence-corrected chi connectivity index (χ1v) is 6.47. The average molecular weight is 277 g/mol. The molecule has 0 spiro atoms. The third-order valence-electron chi connectivity index (χ3n) is 2.71. The molecule has 1 aromatic heterocycles. The van der Waals surface area contributed by atoms with E-state index in [0.29, 0.717) is 23.4 Å². The highest BCUT2D eigenvalue weighted by Gasteiger charge is 2.08. The van der Waals surface area contributed by atoms with Gasteiger partial charge in [0.15, 0.2) is 18.1 Å². The molecule has 6 nitrogen and oxygen atoms in total. The number of methoxy groups -OCH3 is 1. The van der Waals surface area contributed by atoms with E-state index in [4.69, 9.17) is 9.47 Å². The van der Waals surface area contributed by atoms with E-state index in [-0.39, 0.29) is 6.61 Å². The minimum absolute atomic E-state index is 0.246. The lowest BCUT2D eigenvalue weighted by molar-refractivity contribution is 0.269. The molecule has 0 bridgehead atoms. The van der Waals surface area contributed by atoms with Gasteiger partial charge in [-0.25, -0.2) is 0 Å². The highest BCUT2D eigenvalue weighted by atomic mass is 16.5. The van der Waals surface area contributed by atoms with Crippen LogP contribution in [0.15, 0.2) is 29.1 Å². The summed E-state index contributed by atoms with van der Waals surface area (Å²) in [6.07, 6.45) is 1.27. The Labute approximate surface area is 118 Å². The predicted octanol–water partition coefficient (Wildman–Crippen LogP) is 2.16. The smallest absolute Gasteiger partial charge is 0.213 e. The van der Waals surface area contributed by atoms with E-state index in [9.17, 15) is 0 Å². The maximum atomic E-state index is 5.62.